The van der Waals surface area contributed by atoms with Crippen LogP contribution in [0.1, 0.15) is 50.7 Å². The summed E-state index contributed by atoms with van der Waals surface area (Å²) in [5.41, 5.74) is 2.30. The number of hydrogen-bond acceptors (Lipinski definition) is 3. The van der Waals surface area contributed by atoms with Crippen LogP contribution in [0.15, 0.2) is 23.1 Å². The third kappa shape index (κ3) is 4.28. The van der Waals surface area contributed by atoms with E-state index in [1.165, 1.54) is 5.56 Å². The predicted molar refractivity (Wildman–Crippen MR) is 85.8 cm³/mol. The van der Waals surface area contributed by atoms with E-state index in [9.17, 15) is 8.42 Å². The van der Waals surface area contributed by atoms with Gasteiger partial charge in [0.1, 0.15) is 0 Å². The Hall–Kier alpha value is -0.910. The van der Waals surface area contributed by atoms with Crippen LogP contribution in [0.3, 0.4) is 0 Å². The fourth-order valence-electron chi connectivity index (χ4n) is 2.49. The van der Waals surface area contributed by atoms with Crippen molar-refractivity contribution in [1.82, 2.24) is 10.0 Å². The van der Waals surface area contributed by atoms with Crippen LogP contribution in [0.5, 0.6) is 0 Å². The van der Waals surface area contributed by atoms with E-state index in [2.05, 4.69) is 23.9 Å². The highest BCUT2D eigenvalue weighted by molar-refractivity contribution is 7.89. The molecule has 1 aromatic rings. The van der Waals surface area contributed by atoms with Gasteiger partial charge in [0, 0.05) is 12.6 Å². The zero-order valence-corrected chi connectivity index (χ0v) is 13.8. The molecule has 118 valence electrons. The second kappa shape index (κ2) is 7.38. The highest BCUT2D eigenvalue weighted by Gasteiger charge is 2.25. The predicted octanol–water partition coefficient (Wildman–Crippen LogP) is 2.58. The van der Waals surface area contributed by atoms with Crippen molar-refractivity contribution in [3.63, 3.8) is 0 Å². The average Bonchev–Trinajstić information content (AvgIpc) is 2.43. The molecular formula is C16H26N2O2S. The van der Waals surface area contributed by atoms with Crippen LogP contribution in [0.2, 0.25) is 0 Å². The summed E-state index contributed by atoms with van der Waals surface area (Å²) in [5, 5.41) is 3.35. The molecule has 1 aromatic carbocycles. The first-order valence-corrected chi connectivity index (χ1v) is 9.40. The second-order valence-electron chi connectivity index (χ2n) is 5.71. The van der Waals surface area contributed by atoms with E-state index in [4.69, 9.17) is 0 Å². The molecule has 0 bridgehead atoms. The molecule has 1 aliphatic carbocycles. The van der Waals surface area contributed by atoms with Gasteiger partial charge in [-0.2, -0.15) is 0 Å². The lowest BCUT2D eigenvalue weighted by Gasteiger charge is -2.26. The van der Waals surface area contributed by atoms with Crippen LogP contribution in [0.4, 0.5) is 0 Å². The molecule has 5 heteroatoms. The van der Waals surface area contributed by atoms with Crippen molar-refractivity contribution < 1.29 is 8.42 Å². The van der Waals surface area contributed by atoms with E-state index in [1.807, 2.05) is 12.1 Å². The standard InChI is InChI=1S/C16H26N2O2S/c1-3-10-17-12-14-11-16(9-8-13(14)4-2)21(19,20)18-15-6-5-7-15/h8-9,11,15,17-18H,3-7,10,12H2,1-2H3. The molecule has 0 heterocycles. The number of aryl methyl sites for hydroxylation is 1. The monoisotopic (exact) mass is 310 g/mol. The third-order valence-corrected chi connectivity index (χ3v) is 5.56. The fraction of sp³-hybridized carbons (Fsp3) is 0.625. The molecular weight excluding hydrogens is 284 g/mol. The maximum atomic E-state index is 12.4. The summed E-state index contributed by atoms with van der Waals surface area (Å²) in [6.07, 6.45) is 5.02. The Bertz CT molecular complexity index is 566. The van der Waals surface area contributed by atoms with Crippen LogP contribution in [0, 0.1) is 0 Å². The molecule has 4 nitrogen and oxygen atoms in total. The quantitative estimate of drug-likeness (QED) is 0.726. The lowest BCUT2D eigenvalue weighted by atomic mass is 9.94. The molecule has 1 saturated carbocycles. The van der Waals surface area contributed by atoms with Gasteiger partial charge in [0.25, 0.3) is 0 Å². The summed E-state index contributed by atoms with van der Waals surface area (Å²) in [5.74, 6) is 0. The Morgan fingerprint density at radius 2 is 1.95 bits per heavy atom. The number of rotatable bonds is 8. The summed E-state index contributed by atoms with van der Waals surface area (Å²) < 4.78 is 27.6. The van der Waals surface area contributed by atoms with Crippen molar-refractivity contribution in [3.05, 3.63) is 29.3 Å². The Morgan fingerprint density at radius 1 is 1.19 bits per heavy atom. The van der Waals surface area contributed by atoms with Crippen molar-refractivity contribution in [2.24, 2.45) is 0 Å². The summed E-state index contributed by atoms with van der Waals surface area (Å²) >= 11 is 0. The molecule has 1 aliphatic rings. The third-order valence-electron chi connectivity index (χ3n) is 4.04. The minimum Gasteiger partial charge on any atom is -0.313 e. The molecule has 0 atom stereocenters. The molecule has 0 unspecified atom stereocenters. The normalized spacial score (nSPS) is 15.9. The Labute approximate surface area is 128 Å². The highest BCUT2D eigenvalue weighted by Crippen LogP contribution is 2.22. The van der Waals surface area contributed by atoms with E-state index < -0.39 is 10.0 Å². The highest BCUT2D eigenvalue weighted by atomic mass is 32.2. The first-order chi connectivity index (χ1) is 10.1. The molecule has 0 aromatic heterocycles. The Balaban J connectivity index is 2.17. The van der Waals surface area contributed by atoms with Gasteiger partial charge in [-0.15, -0.1) is 0 Å². The van der Waals surface area contributed by atoms with E-state index >= 15 is 0 Å². The maximum absolute atomic E-state index is 12.4. The number of benzene rings is 1. The van der Waals surface area contributed by atoms with E-state index in [-0.39, 0.29) is 6.04 Å². The zero-order valence-electron chi connectivity index (χ0n) is 13.0. The van der Waals surface area contributed by atoms with Crippen LogP contribution < -0.4 is 10.0 Å². The van der Waals surface area contributed by atoms with Gasteiger partial charge in [0.05, 0.1) is 4.90 Å². The van der Waals surface area contributed by atoms with Gasteiger partial charge in [0.2, 0.25) is 10.0 Å². The molecule has 2 N–H and O–H groups in total. The van der Waals surface area contributed by atoms with Crippen LogP contribution in [-0.4, -0.2) is 21.0 Å². The van der Waals surface area contributed by atoms with Gasteiger partial charge in [0.15, 0.2) is 0 Å². The van der Waals surface area contributed by atoms with Crippen LogP contribution in [-0.2, 0) is 23.0 Å². The lowest BCUT2D eigenvalue weighted by molar-refractivity contribution is 0.383. The Kier molecular flexibility index (Phi) is 5.79. The van der Waals surface area contributed by atoms with Gasteiger partial charge in [-0.05, 0) is 55.5 Å². The van der Waals surface area contributed by atoms with Gasteiger partial charge in [-0.3, -0.25) is 0 Å². The summed E-state index contributed by atoms with van der Waals surface area (Å²) in [6, 6.07) is 5.62. The van der Waals surface area contributed by atoms with Gasteiger partial charge in [-0.25, -0.2) is 13.1 Å². The first-order valence-electron chi connectivity index (χ1n) is 7.91. The number of sulfonamides is 1. The van der Waals surface area contributed by atoms with Crippen molar-refractivity contribution in [1.29, 1.82) is 0 Å². The van der Waals surface area contributed by atoms with E-state index in [0.717, 1.165) is 50.8 Å². The summed E-state index contributed by atoms with van der Waals surface area (Å²) in [6.45, 7) is 5.89. The van der Waals surface area contributed by atoms with Crippen molar-refractivity contribution in [2.75, 3.05) is 6.54 Å². The zero-order chi connectivity index (χ0) is 15.3. The molecule has 1 fully saturated rings. The molecule has 0 radical (unpaired) electrons. The Morgan fingerprint density at radius 3 is 2.52 bits per heavy atom. The average molecular weight is 310 g/mol. The van der Waals surface area contributed by atoms with Crippen LogP contribution in [0.25, 0.3) is 0 Å². The number of nitrogens with one attached hydrogen (secondary N) is 2. The van der Waals surface area contributed by atoms with Crippen molar-refractivity contribution >= 4 is 10.0 Å². The van der Waals surface area contributed by atoms with Gasteiger partial charge >= 0.3 is 0 Å². The van der Waals surface area contributed by atoms with Gasteiger partial charge in [-0.1, -0.05) is 26.3 Å². The summed E-state index contributed by atoms with van der Waals surface area (Å²) in [7, 11) is -3.38. The number of hydrogen-bond donors (Lipinski definition) is 2. The molecule has 0 spiro atoms. The largest absolute Gasteiger partial charge is 0.313 e. The van der Waals surface area contributed by atoms with Crippen molar-refractivity contribution in [3.8, 4) is 0 Å². The lowest BCUT2D eigenvalue weighted by Crippen LogP contribution is -2.39. The minimum atomic E-state index is -3.38. The van der Waals surface area contributed by atoms with E-state index in [0.29, 0.717) is 4.90 Å². The van der Waals surface area contributed by atoms with Crippen molar-refractivity contribution in [2.45, 2.75) is 63.4 Å². The molecule has 2 rings (SSSR count). The summed E-state index contributed by atoms with van der Waals surface area (Å²) in [4.78, 5) is 0.389. The first kappa shape index (κ1) is 16.5. The molecule has 0 saturated heterocycles. The maximum Gasteiger partial charge on any atom is 0.240 e. The molecule has 21 heavy (non-hydrogen) atoms. The SMILES string of the molecule is CCCNCc1cc(S(=O)(=O)NC2CCC2)ccc1CC. The fourth-order valence-corrected chi connectivity index (χ4v) is 3.85. The van der Waals surface area contributed by atoms with Gasteiger partial charge < -0.3 is 5.32 Å². The second-order valence-corrected chi connectivity index (χ2v) is 7.42. The van der Waals surface area contributed by atoms with E-state index in [1.54, 1.807) is 6.07 Å². The molecule has 0 amide bonds. The molecule has 0 aliphatic heterocycles. The van der Waals surface area contributed by atoms with Crippen LogP contribution >= 0.6 is 0 Å². The topological polar surface area (TPSA) is 58.2 Å². The minimum absolute atomic E-state index is 0.127. The smallest absolute Gasteiger partial charge is 0.240 e.